The van der Waals surface area contributed by atoms with Crippen LogP contribution >= 0.6 is 0 Å². The van der Waals surface area contributed by atoms with E-state index in [1.165, 1.54) is 36.4 Å². The van der Waals surface area contributed by atoms with Crippen LogP contribution in [0.1, 0.15) is 5.56 Å². The lowest BCUT2D eigenvalue weighted by atomic mass is 10.2. The molecule has 2 amide bonds. The highest BCUT2D eigenvalue weighted by Crippen LogP contribution is 2.17. The van der Waals surface area contributed by atoms with E-state index in [1.807, 2.05) is 0 Å². The Balaban J connectivity index is 2.05. The topological polar surface area (TPSA) is 41.1 Å². The number of halogens is 2. The Morgan fingerprint density at radius 1 is 1.00 bits per heavy atom. The normalized spacial score (nSPS) is 10.1. The zero-order valence-electron chi connectivity index (χ0n) is 10.2. The van der Waals surface area contributed by atoms with Crippen molar-refractivity contribution in [3.05, 3.63) is 59.7 Å². The number of carbonyl (C=O) groups excluding carboxylic acids is 1. The number of hydrogen-bond donors (Lipinski definition) is 2. The van der Waals surface area contributed by atoms with Gasteiger partial charge in [-0.3, -0.25) is 0 Å². The van der Waals surface area contributed by atoms with Crippen molar-refractivity contribution >= 4 is 17.4 Å². The first-order chi connectivity index (χ1) is 9.06. The molecule has 5 heteroatoms. The summed E-state index contributed by atoms with van der Waals surface area (Å²) in [5.74, 6) is -0.772. The highest BCUT2D eigenvalue weighted by atomic mass is 19.1. The number of rotatable bonds is 2. The Bertz CT molecular complexity index is 597. The van der Waals surface area contributed by atoms with Gasteiger partial charge in [0.15, 0.2) is 0 Å². The maximum absolute atomic E-state index is 13.3. The van der Waals surface area contributed by atoms with Gasteiger partial charge >= 0.3 is 6.03 Å². The molecular formula is C14H12F2N2O. The number of urea groups is 1. The first-order valence-electron chi connectivity index (χ1n) is 5.65. The molecule has 0 heterocycles. The van der Waals surface area contributed by atoms with E-state index in [0.29, 0.717) is 16.9 Å². The minimum atomic E-state index is -0.514. The quantitative estimate of drug-likeness (QED) is 0.846. The highest BCUT2D eigenvalue weighted by Gasteiger charge is 2.07. The number of amides is 2. The molecule has 2 aromatic rings. The second-order valence-electron chi connectivity index (χ2n) is 4.00. The summed E-state index contributed by atoms with van der Waals surface area (Å²) in [7, 11) is 0. The standard InChI is InChI=1S/C14H12F2N2O/c1-9-12(16)3-2-4-13(9)18-14(19)17-11-7-5-10(15)6-8-11/h2-8H,1H3,(H2,17,18,19). The van der Waals surface area contributed by atoms with E-state index < -0.39 is 6.03 Å². The fourth-order valence-corrected chi connectivity index (χ4v) is 1.56. The van der Waals surface area contributed by atoms with Crippen molar-refractivity contribution in [1.82, 2.24) is 0 Å². The molecule has 0 bridgehead atoms. The molecule has 0 aliphatic rings. The van der Waals surface area contributed by atoms with Gasteiger partial charge in [0.2, 0.25) is 0 Å². The molecule has 2 aromatic carbocycles. The summed E-state index contributed by atoms with van der Waals surface area (Å²) >= 11 is 0. The van der Waals surface area contributed by atoms with E-state index in [9.17, 15) is 13.6 Å². The average Bonchev–Trinajstić information content (AvgIpc) is 2.38. The molecular weight excluding hydrogens is 250 g/mol. The lowest BCUT2D eigenvalue weighted by Gasteiger charge is -2.10. The predicted octanol–water partition coefficient (Wildman–Crippen LogP) is 3.92. The van der Waals surface area contributed by atoms with Crippen LogP contribution in [0.4, 0.5) is 25.0 Å². The number of nitrogens with one attached hydrogen (secondary N) is 2. The molecule has 2 N–H and O–H groups in total. The summed E-state index contributed by atoms with van der Waals surface area (Å²) in [5.41, 5.74) is 1.20. The molecule has 0 aliphatic heterocycles. The largest absolute Gasteiger partial charge is 0.323 e. The summed E-state index contributed by atoms with van der Waals surface area (Å²) < 4.78 is 26.0. The van der Waals surface area contributed by atoms with Crippen LogP contribution in [0.5, 0.6) is 0 Å². The molecule has 2 rings (SSSR count). The molecule has 3 nitrogen and oxygen atoms in total. The van der Waals surface area contributed by atoms with E-state index in [-0.39, 0.29) is 11.6 Å². The van der Waals surface area contributed by atoms with Crippen molar-refractivity contribution in [3.8, 4) is 0 Å². The lowest BCUT2D eigenvalue weighted by Crippen LogP contribution is -2.20. The van der Waals surface area contributed by atoms with E-state index in [4.69, 9.17) is 0 Å². The number of benzene rings is 2. The summed E-state index contributed by atoms with van der Waals surface area (Å²) in [6.45, 7) is 1.57. The molecule has 0 aliphatic carbocycles. The minimum Gasteiger partial charge on any atom is -0.308 e. The Morgan fingerprint density at radius 2 is 1.68 bits per heavy atom. The van der Waals surface area contributed by atoms with Gasteiger partial charge in [-0.15, -0.1) is 0 Å². The van der Waals surface area contributed by atoms with E-state index >= 15 is 0 Å². The number of carbonyl (C=O) groups is 1. The Morgan fingerprint density at radius 3 is 2.37 bits per heavy atom. The zero-order chi connectivity index (χ0) is 13.8. The first kappa shape index (κ1) is 13.0. The van der Waals surface area contributed by atoms with Gasteiger partial charge in [0.1, 0.15) is 11.6 Å². The van der Waals surface area contributed by atoms with Crippen LogP contribution in [-0.4, -0.2) is 6.03 Å². The molecule has 0 saturated carbocycles. The van der Waals surface area contributed by atoms with E-state index in [0.717, 1.165) is 0 Å². The van der Waals surface area contributed by atoms with Gasteiger partial charge in [0.05, 0.1) is 0 Å². The molecule has 0 spiro atoms. The summed E-state index contributed by atoms with van der Waals surface area (Å²) in [6.07, 6.45) is 0. The van der Waals surface area contributed by atoms with Gasteiger partial charge in [-0.2, -0.15) is 0 Å². The van der Waals surface area contributed by atoms with Crippen LogP contribution in [0.3, 0.4) is 0 Å². The van der Waals surface area contributed by atoms with Gasteiger partial charge < -0.3 is 10.6 Å². The number of anilines is 2. The summed E-state index contributed by atoms with van der Waals surface area (Å²) in [5, 5.41) is 5.06. The third-order valence-corrected chi connectivity index (χ3v) is 2.62. The minimum absolute atomic E-state index is 0.358. The van der Waals surface area contributed by atoms with Crippen LogP contribution in [0.25, 0.3) is 0 Å². The van der Waals surface area contributed by atoms with Gasteiger partial charge in [-0.05, 0) is 43.3 Å². The number of hydrogen-bond acceptors (Lipinski definition) is 1. The first-order valence-corrected chi connectivity index (χ1v) is 5.65. The Labute approximate surface area is 109 Å². The third kappa shape index (κ3) is 3.28. The Kier molecular flexibility index (Phi) is 3.75. The third-order valence-electron chi connectivity index (χ3n) is 2.62. The monoisotopic (exact) mass is 262 g/mol. The molecule has 98 valence electrons. The predicted molar refractivity (Wildman–Crippen MR) is 70.2 cm³/mol. The maximum Gasteiger partial charge on any atom is 0.323 e. The van der Waals surface area contributed by atoms with Crippen molar-refractivity contribution in [3.63, 3.8) is 0 Å². The molecule has 0 saturated heterocycles. The van der Waals surface area contributed by atoms with Crippen LogP contribution in [-0.2, 0) is 0 Å². The summed E-state index contributed by atoms with van der Waals surface area (Å²) in [4.78, 5) is 11.7. The van der Waals surface area contributed by atoms with E-state index in [2.05, 4.69) is 10.6 Å². The molecule has 0 atom stereocenters. The van der Waals surface area contributed by atoms with Crippen molar-refractivity contribution in [2.24, 2.45) is 0 Å². The molecule has 0 aromatic heterocycles. The molecule has 19 heavy (non-hydrogen) atoms. The second-order valence-corrected chi connectivity index (χ2v) is 4.00. The molecule has 0 fully saturated rings. The van der Waals surface area contributed by atoms with Gasteiger partial charge in [-0.1, -0.05) is 6.07 Å². The second kappa shape index (κ2) is 5.48. The highest BCUT2D eigenvalue weighted by molar-refractivity contribution is 6.00. The zero-order valence-corrected chi connectivity index (χ0v) is 10.2. The molecule has 0 unspecified atom stereocenters. The van der Waals surface area contributed by atoms with Crippen molar-refractivity contribution in [2.75, 3.05) is 10.6 Å². The maximum atomic E-state index is 13.3. The van der Waals surface area contributed by atoms with Crippen molar-refractivity contribution in [2.45, 2.75) is 6.92 Å². The van der Waals surface area contributed by atoms with Gasteiger partial charge in [0, 0.05) is 16.9 Å². The van der Waals surface area contributed by atoms with E-state index in [1.54, 1.807) is 13.0 Å². The average molecular weight is 262 g/mol. The fraction of sp³-hybridized carbons (Fsp3) is 0.0714. The van der Waals surface area contributed by atoms with Crippen molar-refractivity contribution < 1.29 is 13.6 Å². The summed E-state index contributed by atoms with van der Waals surface area (Å²) in [6, 6.07) is 9.27. The smallest absolute Gasteiger partial charge is 0.308 e. The SMILES string of the molecule is Cc1c(F)cccc1NC(=O)Nc1ccc(F)cc1. The Hall–Kier alpha value is -2.43. The fourth-order valence-electron chi connectivity index (χ4n) is 1.56. The lowest BCUT2D eigenvalue weighted by molar-refractivity contribution is 0.262. The van der Waals surface area contributed by atoms with Crippen LogP contribution < -0.4 is 10.6 Å². The molecule has 0 radical (unpaired) electrons. The van der Waals surface area contributed by atoms with Crippen molar-refractivity contribution in [1.29, 1.82) is 0 Å². The van der Waals surface area contributed by atoms with Crippen LogP contribution in [0.2, 0.25) is 0 Å². The van der Waals surface area contributed by atoms with Crippen LogP contribution in [0.15, 0.2) is 42.5 Å². The van der Waals surface area contributed by atoms with Gasteiger partial charge in [-0.25, -0.2) is 13.6 Å². The van der Waals surface area contributed by atoms with Crippen LogP contribution in [0, 0.1) is 18.6 Å². The van der Waals surface area contributed by atoms with Gasteiger partial charge in [0.25, 0.3) is 0 Å².